The van der Waals surface area contributed by atoms with E-state index in [9.17, 15) is 9.90 Å². The molecule has 0 amide bonds. The lowest BCUT2D eigenvalue weighted by Gasteiger charge is -2.03. The first-order valence-corrected chi connectivity index (χ1v) is 4.82. The number of hydrogen-bond donors (Lipinski definition) is 1. The van der Waals surface area contributed by atoms with Crippen molar-refractivity contribution in [1.29, 1.82) is 0 Å². The Balaban J connectivity index is 2.73. The van der Waals surface area contributed by atoms with E-state index in [0.717, 1.165) is 12.0 Å². The molecule has 0 aliphatic carbocycles. The summed E-state index contributed by atoms with van der Waals surface area (Å²) in [5, 5.41) is 9.21. The third kappa shape index (κ3) is 2.70. The second kappa shape index (κ2) is 4.96. The van der Waals surface area contributed by atoms with Crippen LogP contribution < -0.4 is 0 Å². The van der Waals surface area contributed by atoms with Crippen LogP contribution in [0.1, 0.15) is 26.7 Å². The van der Waals surface area contributed by atoms with Crippen LogP contribution >= 0.6 is 0 Å². The van der Waals surface area contributed by atoms with Crippen LogP contribution in [0.25, 0.3) is 0 Å². The maximum absolute atomic E-state index is 11.3. The smallest absolute Gasteiger partial charge is 0.334 e. The van der Waals surface area contributed by atoms with Crippen LogP contribution in [0.3, 0.4) is 0 Å². The molecular weight excluding hydrogens is 180 g/mol. The van der Waals surface area contributed by atoms with E-state index < -0.39 is 6.10 Å². The number of ether oxygens (including phenoxy) is 1. The van der Waals surface area contributed by atoms with Gasteiger partial charge in [-0.05, 0) is 25.8 Å². The van der Waals surface area contributed by atoms with Crippen LogP contribution in [-0.4, -0.2) is 23.8 Å². The van der Waals surface area contributed by atoms with Crippen LogP contribution in [0.4, 0.5) is 0 Å². The minimum absolute atomic E-state index is 0.273. The van der Waals surface area contributed by atoms with E-state index in [4.69, 9.17) is 4.74 Å². The number of cyclic esters (lactones) is 1. The van der Waals surface area contributed by atoms with Crippen molar-refractivity contribution in [2.24, 2.45) is 0 Å². The topological polar surface area (TPSA) is 46.5 Å². The Morgan fingerprint density at radius 2 is 2.36 bits per heavy atom. The molecule has 0 spiro atoms. The van der Waals surface area contributed by atoms with Gasteiger partial charge in [0.05, 0.1) is 6.10 Å². The molecular formula is C11H16O3. The van der Waals surface area contributed by atoms with Crippen molar-refractivity contribution in [2.75, 3.05) is 6.61 Å². The first-order chi connectivity index (χ1) is 6.65. The fourth-order valence-electron chi connectivity index (χ4n) is 1.44. The summed E-state index contributed by atoms with van der Waals surface area (Å²) in [7, 11) is 0. The molecule has 1 rings (SSSR count). The van der Waals surface area contributed by atoms with Gasteiger partial charge in [0.15, 0.2) is 0 Å². The molecule has 0 bridgehead atoms. The SMILES string of the molecule is CC=CCC1=C(CC(C)O)C(=O)OC1. The van der Waals surface area contributed by atoms with Crippen LogP contribution in [0.15, 0.2) is 23.3 Å². The summed E-state index contributed by atoms with van der Waals surface area (Å²) in [5.41, 5.74) is 1.65. The van der Waals surface area contributed by atoms with Crippen molar-refractivity contribution in [1.82, 2.24) is 0 Å². The van der Waals surface area contributed by atoms with E-state index in [0.29, 0.717) is 18.6 Å². The average Bonchev–Trinajstić information content (AvgIpc) is 2.45. The zero-order valence-electron chi connectivity index (χ0n) is 8.62. The van der Waals surface area contributed by atoms with E-state index in [2.05, 4.69) is 0 Å². The second-order valence-corrected chi connectivity index (χ2v) is 3.48. The highest BCUT2D eigenvalue weighted by atomic mass is 16.5. The molecule has 1 unspecified atom stereocenters. The lowest BCUT2D eigenvalue weighted by molar-refractivity contribution is -0.136. The molecule has 0 saturated heterocycles. The number of aliphatic hydroxyl groups is 1. The van der Waals surface area contributed by atoms with Gasteiger partial charge in [0.2, 0.25) is 0 Å². The summed E-state index contributed by atoms with van der Waals surface area (Å²) in [5.74, 6) is -0.273. The Bertz CT molecular complexity index is 274. The number of carbonyl (C=O) groups is 1. The minimum atomic E-state index is -0.490. The molecule has 14 heavy (non-hydrogen) atoms. The summed E-state index contributed by atoms with van der Waals surface area (Å²) in [6.07, 6.45) is 4.57. The van der Waals surface area contributed by atoms with Gasteiger partial charge in [-0.1, -0.05) is 12.2 Å². The normalized spacial score (nSPS) is 19.2. The molecule has 0 aromatic rings. The van der Waals surface area contributed by atoms with Gasteiger partial charge >= 0.3 is 5.97 Å². The van der Waals surface area contributed by atoms with E-state index in [-0.39, 0.29) is 5.97 Å². The van der Waals surface area contributed by atoms with Crippen LogP contribution in [0.2, 0.25) is 0 Å². The molecule has 78 valence electrons. The quantitative estimate of drug-likeness (QED) is 0.548. The molecule has 0 fully saturated rings. The summed E-state index contributed by atoms with van der Waals surface area (Å²) in [6, 6.07) is 0. The standard InChI is InChI=1S/C11H16O3/c1-3-4-5-9-7-14-11(13)10(9)6-8(2)12/h3-4,8,12H,5-7H2,1-2H3. The number of hydrogen-bond acceptors (Lipinski definition) is 3. The molecule has 0 saturated carbocycles. The fraction of sp³-hybridized carbons (Fsp3) is 0.545. The van der Waals surface area contributed by atoms with Gasteiger partial charge < -0.3 is 9.84 Å². The molecule has 1 heterocycles. The van der Waals surface area contributed by atoms with E-state index in [1.807, 2.05) is 19.1 Å². The Labute approximate surface area is 84.1 Å². The first-order valence-electron chi connectivity index (χ1n) is 4.82. The molecule has 1 N–H and O–H groups in total. The number of esters is 1. The highest BCUT2D eigenvalue weighted by Crippen LogP contribution is 2.23. The third-order valence-electron chi connectivity index (χ3n) is 2.15. The molecule has 3 heteroatoms. The van der Waals surface area contributed by atoms with Gasteiger partial charge in [0.1, 0.15) is 6.61 Å². The summed E-state index contributed by atoms with van der Waals surface area (Å²) >= 11 is 0. The van der Waals surface area contributed by atoms with Crippen molar-refractivity contribution in [3.8, 4) is 0 Å². The van der Waals surface area contributed by atoms with Crippen molar-refractivity contribution in [3.63, 3.8) is 0 Å². The fourth-order valence-corrected chi connectivity index (χ4v) is 1.44. The van der Waals surface area contributed by atoms with Crippen molar-refractivity contribution < 1.29 is 14.6 Å². The molecule has 1 aliphatic rings. The Kier molecular flexibility index (Phi) is 3.89. The molecule has 0 aromatic carbocycles. The van der Waals surface area contributed by atoms with Crippen LogP contribution in [0.5, 0.6) is 0 Å². The lowest BCUT2D eigenvalue weighted by atomic mass is 10.0. The van der Waals surface area contributed by atoms with E-state index in [1.54, 1.807) is 6.92 Å². The molecule has 0 radical (unpaired) electrons. The van der Waals surface area contributed by atoms with Gasteiger partial charge in [-0.3, -0.25) is 0 Å². The summed E-state index contributed by atoms with van der Waals surface area (Å²) < 4.78 is 4.92. The van der Waals surface area contributed by atoms with Crippen molar-refractivity contribution >= 4 is 5.97 Å². The Morgan fingerprint density at radius 1 is 1.64 bits per heavy atom. The third-order valence-corrected chi connectivity index (χ3v) is 2.15. The number of aliphatic hydroxyl groups excluding tert-OH is 1. The summed E-state index contributed by atoms with van der Waals surface area (Å²) in [4.78, 5) is 11.3. The highest BCUT2D eigenvalue weighted by molar-refractivity contribution is 5.91. The van der Waals surface area contributed by atoms with Crippen molar-refractivity contribution in [2.45, 2.75) is 32.8 Å². The number of carbonyl (C=O) groups excluding carboxylic acids is 1. The van der Waals surface area contributed by atoms with Gasteiger partial charge in [-0.15, -0.1) is 0 Å². The van der Waals surface area contributed by atoms with Crippen molar-refractivity contribution in [3.05, 3.63) is 23.3 Å². The highest BCUT2D eigenvalue weighted by Gasteiger charge is 2.24. The number of rotatable bonds is 4. The van der Waals surface area contributed by atoms with Gasteiger partial charge in [-0.25, -0.2) is 4.79 Å². The maximum Gasteiger partial charge on any atom is 0.334 e. The predicted octanol–water partition coefficient (Wildman–Crippen LogP) is 1.58. The predicted molar refractivity (Wildman–Crippen MR) is 53.7 cm³/mol. The number of allylic oxidation sites excluding steroid dienone is 2. The van der Waals surface area contributed by atoms with E-state index >= 15 is 0 Å². The molecule has 0 aromatic heterocycles. The van der Waals surface area contributed by atoms with Crippen LogP contribution in [-0.2, 0) is 9.53 Å². The molecule has 3 nitrogen and oxygen atoms in total. The Morgan fingerprint density at radius 3 is 2.93 bits per heavy atom. The zero-order chi connectivity index (χ0) is 10.6. The monoisotopic (exact) mass is 196 g/mol. The second-order valence-electron chi connectivity index (χ2n) is 3.48. The average molecular weight is 196 g/mol. The van der Waals surface area contributed by atoms with Gasteiger partial charge in [-0.2, -0.15) is 0 Å². The zero-order valence-corrected chi connectivity index (χ0v) is 8.62. The van der Waals surface area contributed by atoms with Gasteiger partial charge in [0, 0.05) is 12.0 Å². The van der Waals surface area contributed by atoms with Crippen LogP contribution in [0, 0.1) is 0 Å². The minimum Gasteiger partial charge on any atom is -0.458 e. The lowest BCUT2D eigenvalue weighted by Crippen LogP contribution is -2.07. The maximum atomic E-state index is 11.3. The Hall–Kier alpha value is -1.09. The van der Waals surface area contributed by atoms with Gasteiger partial charge in [0.25, 0.3) is 0 Å². The summed E-state index contributed by atoms with van der Waals surface area (Å²) in [6.45, 7) is 3.99. The molecule has 1 atom stereocenters. The van der Waals surface area contributed by atoms with E-state index in [1.165, 1.54) is 0 Å². The largest absolute Gasteiger partial charge is 0.458 e. The first kappa shape index (κ1) is 11.0. The molecule has 1 aliphatic heterocycles.